The predicted octanol–water partition coefficient (Wildman–Crippen LogP) is 3.43. The molecule has 0 radical (unpaired) electrons. The van der Waals surface area contributed by atoms with Gasteiger partial charge in [-0.1, -0.05) is 26.2 Å². The lowest BCUT2D eigenvalue weighted by atomic mass is 9.73. The van der Waals surface area contributed by atoms with Gasteiger partial charge in [0.05, 0.1) is 0 Å². The fourth-order valence-corrected chi connectivity index (χ4v) is 3.31. The minimum absolute atomic E-state index is 0.0764. The molecule has 3 nitrogen and oxygen atoms in total. The number of hydrogen-bond donors (Lipinski definition) is 1. The quantitative estimate of drug-likeness (QED) is 0.854. The van der Waals surface area contributed by atoms with Crippen molar-refractivity contribution in [1.82, 2.24) is 9.78 Å². The highest BCUT2D eigenvalue weighted by atomic mass is 15.2. The number of aryl methyl sites for hydroxylation is 2. The smallest absolute Gasteiger partial charge is 0.0492 e. The summed E-state index contributed by atoms with van der Waals surface area (Å²) in [6, 6.07) is 2.11. The molecule has 1 aromatic heterocycles. The lowest BCUT2D eigenvalue weighted by Gasteiger charge is -2.37. The molecule has 3 heteroatoms. The SMILES string of the molecule is CCCCC1CCC(N)(CCc2ccnn2C)CC1. The Kier molecular flexibility index (Phi) is 5.03. The summed E-state index contributed by atoms with van der Waals surface area (Å²) in [6.45, 7) is 2.28. The Hall–Kier alpha value is -0.830. The highest BCUT2D eigenvalue weighted by Crippen LogP contribution is 2.35. The van der Waals surface area contributed by atoms with Crippen LogP contribution in [0.5, 0.6) is 0 Å². The molecular weight excluding hydrogens is 234 g/mol. The minimum Gasteiger partial charge on any atom is -0.325 e. The average molecular weight is 263 g/mol. The van der Waals surface area contributed by atoms with Crippen molar-refractivity contribution < 1.29 is 0 Å². The molecule has 1 aliphatic carbocycles. The molecule has 1 heterocycles. The molecule has 108 valence electrons. The fourth-order valence-electron chi connectivity index (χ4n) is 3.31. The van der Waals surface area contributed by atoms with Crippen LogP contribution in [0.2, 0.25) is 0 Å². The second kappa shape index (κ2) is 6.56. The van der Waals surface area contributed by atoms with Gasteiger partial charge in [0.25, 0.3) is 0 Å². The molecule has 19 heavy (non-hydrogen) atoms. The Labute approximate surface area is 117 Å². The Morgan fingerprint density at radius 2 is 2.16 bits per heavy atom. The predicted molar refractivity (Wildman–Crippen MR) is 79.9 cm³/mol. The number of hydrogen-bond acceptors (Lipinski definition) is 2. The van der Waals surface area contributed by atoms with Crippen molar-refractivity contribution in [2.45, 2.75) is 70.3 Å². The molecule has 0 amide bonds. The van der Waals surface area contributed by atoms with Crippen molar-refractivity contribution in [3.63, 3.8) is 0 Å². The topological polar surface area (TPSA) is 43.8 Å². The Morgan fingerprint density at radius 1 is 1.42 bits per heavy atom. The second-order valence-electron chi connectivity index (χ2n) is 6.39. The van der Waals surface area contributed by atoms with E-state index in [0.29, 0.717) is 0 Å². The van der Waals surface area contributed by atoms with Crippen molar-refractivity contribution in [2.75, 3.05) is 0 Å². The van der Waals surface area contributed by atoms with Crippen LogP contribution >= 0.6 is 0 Å². The molecule has 0 aliphatic heterocycles. The van der Waals surface area contributed by atoms with E-state index >= 15 is 0 Å². The summed E-state index contributed by atoms with van der Waals surface area (Å²) < 4.78 is 1.97. The van der Waals surface area contributed by atoms with Crippen LogP contribution < -0.4 is 5.73 Å². The first kappa shape index (κ1) is 14.6. The van der Waals surface area contributed by atoms with E-state index < -0.39 is 0 Å². The number of nitrogens with two attached hydrogens (primary N) is 1. The summed E-state index contributed by atoms with van der Waals surface area (Å²) in [4.78, 5) is 0. The van der Waals surface area contributed by atoms with Gasteiger partial charge < -0.3 is 5.73 Å². The van der Waals surface area contributed by atoms with Crippen LogP contribution in [-0.4, -0.2) is 15.3 Å². The molecule has 2 rings (SSSR count). The maximum absolute atomic E-state index is 6.59. The normalized spacial score (nSPS) is 27.6. The average Bonchev–Trinajstić information content (AvgIpc) is 2.82. The highest BCUT2D eigenvalue weighted by Gasteiger charge is 2.31. The first-order chi connectivity index (χ1) is 9.13. The van der Waals surface area contributed by atoms with E-state index in [-0.39, 0.29) is 5.54 Å². The molecule has 0 unspecified atom stereocenters. The van der Waals surface area contributed by atoms with Gasteiger partial charge >= 0.3 is 0 Å². The van der Waals surface area contributed by atoms with Crippen LogP contribution in [0.25, 0.3) is 0 Å². The van der Waals surface area contributed by atoms with Crippen LogP contribution in [0.1, 0.15) is 64.0 Å². The zero-order valence-electron chi connectivity index (χ0n) is 12.6. The van der Waals surface area contributed by atoms with Crippen LogP contribution in [0.3, 0.4) is 0 Å². The van der Waals surface area contributed by atoms with Gasteiger partial charge in [0.15, 0.2) is 0 Å². The van der Waals surface area contributed by atoms with E-state index in [4.69, 9.17) is 5.73 Å². The van der Waals surface area contributed by atoms with Gasteiger partial charge in [-0.05, 0) is 50.5 Å². The number of aromatic nitrogens is 2. The lowest BCUT2D eigenvalue weighted by Crippen LogP contribution is -2.43. The second-order valence-corrected chi connectivity index (χ2v) is 6.39. The zero-order valence-corrected chi connectivity index (χ0v) is 12.6. The van der Waals surface area contributed by atoms with Gasteiger partial charge in [-0.2, -0.15) is 5.10 Å². The molecule has 1 aliphatic rings. The van der Waals surface area contributed by atoms with Gasteiger partial charge in [-0.15, -0.1) is 0 Å². The first-order valence-corrected chi connectivity index (χ1v) is 7.89. The fraction of sp³-hybridized carbons (Fsp3) is 0.812. The Morgan fingerprint density at radius 3 is 2.74 bits per heavy atom. The third kappa shape index (κ3) is 4.07. The Balaban J connectivity index is 1.77. The van der Waals surface area contributed by atoms with Crippen molar-refractivity contribution in [1.29, 1.82) is 0 Å². The third-order valence-electron chi connectivity index (χ3n) is 4.87. The summed E-state index contributed by atoms with van der Waals surface area (Å²) in [5.41, 5.74) is 7.97. The lowest BCUT2D eigenvalue weighted by molar-refractivity contribution is 0.211. The van der Waals surface area contributed by atoms with E-state index in [9.17, 15) is 0 Å². The molecule has 0 spiro atoms. The standard InChI is InChI=1S/C16H29N3/c1-3-4-5-14-6-10-16(17,11-7-14)12-8-15-9-13-18-19(15)2/h9,13-14H,3-8,10-12,17H2,1-2H3. The van der Waals surface area contributed by atoms with Crippen LogP contribution in [-0.2, 0) is 13.5 Å². The summed E-state index contributed by atoms with van der Waals surface area (Å²) in [5.74, 6) is 0.938. The highest BCUT2D eigenvalue weighted by molar-refractivity contribution is 5.02. The molecule has 1 saturated carbocycles. The van der Waals surface area contributed by atoms with Crippen molar-refractivity contribution in [3.05, 3.63) is 18.0 Å². The Bertz CT molecular complexity index is 375. The summed E-state index contributed by atoms with van der Waals surface area (Å²) in [6.07, 6.45) is 13.2. The molecule has 1 aromatic rings. The van der Waals surface area contributed by atoms with E-state index in [1.165, 1.54) is 50.6 Å². The molecule has 0 bridgehead atoms. The van der Waals surface area contributed by atoms with Crippen molar-refractivity contribution >= 4 is 0 Å². The van der Waals surface area contributed by atoms with Gasteiger partial charge in [-0.3, -0.25) is 4.68 Å². The molecule has 2 N–H and O–H groups in total. The maximum atomic E-state index is 6.59. The third-order valence-corrected chi connectivity index (χ3v) is 4.87. The summed E-state index contributed by atoms with van der Waals surface area (Å²) in [5, 5.41) is 4.22. The largest absolute Gasteiger partial charge is 0.325 e. The minimum atomic E-state index is 0.0764. The van der Waals surface area contributed by atoms with E-state index in [0.717, 1.165) is 18.8 Å². The zero-order chi connectivity index (χ0) is 13.7. The number of rotatable bonds is 6. The van der Waals surface area contributed by atoms with Gasteiger partial charge in [-0.25, -0.2) is 0 Å². The van der Waals surface area contributed by atoms with Gasteiger partial charge in [0, 0.05) is 24.5 Å². The van der Waals surface area contributed by atoms with E-state index in [1.807, 2.05) is 17.9 Å². The van der Waals surface area contributed by atoms with Crippen molar-refractivity contribution in [2.24, 2.45) is 18.7 Å². The molecule has 0 aromatic carbocycles. The summed E-state index contributed by atoms with van der Waals surface area (Å²) in [7, 11) is 2.01. The van der Waals surface area contributed by atoms with Gasteiger partial charge in [0.1, 0.15) is 0 Å². The molecule has 0 saturated heterocycles. The van der Waals surface area contributed by atoms with Crippen LogP contribution in [0, 0.1) is 5.92 Å². The first-order valence-electron chi connectivity index (χ1n) is 7.89. The van der Waals surface area contributed by atoms with E-state index in [1.54, 1.807) is 0 Å². The van der Waals surface area contributed by atoms with Crippen LogP contribution in [0.4, 0.5) is 0 Å². The molecule has 1 fully saturated rings. The number of nitrogens with zero attached hydrogens (tertiary/aromatic N) is 2. The summed E-state index contributed by atoms with van der Waals surface area (Å²) >= 11 is 0. The maximum Gasteiger partial charge on any atom is 0.0492 e. The monoisotopic (exact) mass is 263 g/mol. The molecule has 0 atom stereocenters. The van der Waals surface area contributed by atoms with Crippen LogP contribution in [0.15, 0.2) is 12.3 Å². The number of unbranched alkanes of at least 4 members (excludes halogenated alkanes) is 1. The van der Waals surface area contributed by atoms with Crippen molar-refractivity contribution in [3.8, 4) is 0 Å². The van der Waals surface area contributed by atoms with Gasteiger partial charge in [0.2, 0.25) is 0 Å². The molecular formula is C16H29N3. The van der Waals surface area contributed by atoms with E-state index in [2.05, 4.69) is 18.1 Å².